The Kier molecular flexibility index (Phi) is 8.45. The monoisotopic (exact) mass is 568 g/mol. The fourth-order valence-electron chi connectivity index (χ4n) is 2.05. The normalized spacial score (nSPS) is 12.1. The number of hydrogen-bond acceptors (Lipinski definition) is 6. The van der Waals surface area contributed by atoms with Gasteiger partial charge in [-0.3, -0.25) is 4.84 Å². The van der Waals surface area contributed by atoms with Gasteiger partial charge in [-0.25, -0.2) is 20.0 Å². The lowest BCUT2D eigenvalue weighted by atomic mass is 10.2. The van der Waals surface area contributed by atoms with Crippen molar-refractivity contribution in [1.82, 2.24) is 15.0 Å². The minimum Gasteiger partial charge on any atom is -0.301 e. The zero-order valence-corrected chi connectivity index (χ0v) is 20.1. The Hall–Kier alpha value is -0.120. The van der Waals surface area contributed by atoms with Crippen LogP contribution < -0.4 is 5.06 Å². The predicted octanol–water partition coefficient (Wildman–Crippen LogP) is 5.91. The van der Waals surface area contributed by atoms with E-state index in [9.17, 15) is 4.79 Å². The van der Waals surface area contributed by atoms with Gasteiger partial charge in [-0.1, -0.05) is 69.6 Å². The van der Waals surface area contributed by atoms with Gasteiger partial charge in [-0.2, -0.15) is 0 Å². The van der Waals surface area contributed by atoms with Crippen molar-refractivity contribution < 1.29 is 9.63 Å². The van der Waals surface area contributed by atoms with Gasteiger partial charge in [0.05, 0.1) is 12.3 Å². The number of hydrogen-bond donors (Lipinski definition) is 0. The summed E-state index contributed by atoms with van der Waals surface area (Å²) in [6, 6.07) is 5.09. The van der Waals surface area contributed by atoms with Gasteiger partial charge < -0.3 is 4.79 Å². The molecule has 0 N–H and O–H groups in total. The topological polar surface area (TPSA) is 68.2 Å². The maximum Gasteiger partial charge on any atom is 0.250 e. The molecule has 0 radical (unpaired) electrons. The van der Waals surface area contributed by atoms with Crippen LogP contribution in [-0.4, -0.2) is 34.4 Å². The van der Waals surface area contributed by atoms with Gasteiger partial charge in [0.25, 0.3) is 0 Å². The Balaban J connectivity index is 2.56. The van der Waals surface area contributed by atoms with Gasteiger partial charge in [0.15, 0.2) is 17.5 Å². The van der Waals surface area contributed by atoms with Crippen LogP contribution in [0.15, 0.2) is 22.7 Å². The summed E-state index contributed by atoms with van der Waals surface area (Å²) < 4.78 is -3.34. The van der Waals surface area contributed by atoms with E-state index in [-0.39, 0.29) is 24.0 Å². The molecule has 13 heteroatoms. The van der Waals surface area contributed by atoms with E-state index in [1.165, 1.54) is 5.06 Å². The first-order valence-electron chi connectivity index (χ1n) is 7.51. The third-order valence-corrected chi connectivity index (χ3v) is 4.82. The number of nitrogens with zero attached hydrogens (tertiary/aromatic N) is 4. The predicted molar refractivity (Wildman–Crippen MR) is 116 cm³/mol. The Labute approximate surface area is 199 Å². The largest absolute Gasteiger partial charge is 0.301 e. The fourth-order valence-corrected chi connectivity index (χ4v) is 3.10. The summed E-state index contributed by atoms with van der Waals surface area (Å²) in [5, 5.41) is 1.44. The molecule has 0 atom stereocenters. The highest BCUT2D eigenvalue weighted by Crippen LogP contribution is 2.41. The summed E-state index contributed by atoms with van der Waals surface area (Å²) in [4.78, 5) is 28.6. The third-order valence-electron chi connectivity index (χ3n) is 3.15. The molecule has 1 aromatic carbocycles. The van der Waals surface area contributed by atoms with E-state index in [1.807, 2.05) is 6.92 Å². The Morgan fingerprint density at radius 1 is 1.07 bits per heavy atom. The molecule has 0 saturated heterocycles. The van der Waals surface area contributed by atoms with Crippen molar-refractivity contribution >= 4 is 97.5 Å². The highest BCUT2D eigenvalue weighted by Gasteiger charge is 2.34. The van der Waals surface area contributed by atoms with Crippen LogP contribution in [0.4, 0.5) is 5.69 Å². The lowest BCUT2D eigenvalue weighted by molar-refractivity contribution is -0.107. The van der Waals surface area contributed by atoms with Crippen LogP contribution in [0.5, 0.6) is 0 Å². The first-order chi connectivity index (χ1) is 13.0. The van der Waals surface area contributed by atoms with Gasteiger partial charge in [-0.15, -0.1) is 0 Å². The Morgan fingerprint density at radius 3 is 2.07 bits per heavy atom. The number of anilines is 1. The summed E-state index contributed by atoms with van der Waals surface area (Å²) in [6.45, 7) is 2.25. The van der Waals surface area contributed by atoms with Crippen LogP contribution in [0.1, 0.15) is 18.6 Å². The average Bonchev–Trinajstić information content (AvgIpc) is 2.59. The van der Waals surface area contributed by atoms with Crippen LogP contribution in [-0.2, 0) is 17.2 Å². The van der Waals surface area contributed by atoms with Gasteiger partial charge >= 0.3 is 0 Å². The molecule has 0 aliphatic carbocycles. The fraction of sp³-hybridized carbons (Fsp3) is 0.333. The van der Waals surface area contributed by atoms with E-state index in [1.54, 1.807) is 18.2 Å². The number of hydroxylamine groups is 1. The second-order valence-electron chi connectivity index (χ2n) is 5.11. The van der Waals surface area contributed by atoms with Crippen LogP contribution >= 0.6 is 85.5 Å². The molecule has 152 valence electrons. The van der Waals surface area contributed by atoms with Crippen LogP contribution in [0, 0.1) is 0 Å². The maximum atomic E-state index is 10.9. The number of halogens is 7. The number of benzene rings is 1. The third kappa shape index (κ3) is 6.19. The van der Waals surface area contributed by atoms with Gasteiger partial charge in [0.1, 0.15) is 12.8 Å². The van der Waals surface area contributed by atoms with Crippen LogP contribution in [0.2, 0.25) is 0 Å². The highest BCUT2D eigenvalue weighted by atomic mass is 79.9. The summed E-state index contributed by atoms with van der Waals surface area (Å²) in [7, 11) is 0. The molecular formula is C15H11BrCl6N4O2. The Morgan fingerprint density at radius 2 is 1.64 bits per heavy atom. The highest BCUT2D eigenvalue weighted by molar-refractivity contribution is 9.10. The maximum absolute atomic E-state index is 10.9. The Bertz CT molecular complexity index is 827. The number of carbonyl (C=O) groups is 1. The molecule has 2 rings (SSSR count). The minimum atomic E-state index is -1.95. The molecule has 0 aliphatic heterocycles. The molecule has 1 aromatic heterocycles. The van der Waals surface area contributed by atoms with Gasteiger partial charge in [0.2, 0.25) is 7.59 Å². The zero-order valence-electron chi connectivity index (χ0n) is 14.0. The second-order valence-corrected chi connectivity index (χ2v) is 10.5. The van der Waals surface area contributed by atoms with E-state index in [2.05, 4.69) is 30.9 Å². The van der Waals surface area contributed by atoms with Crippen molar-refractivity contribution in [3.63, 3.8) is 0 Å². The van der Waals surface area contributed by atoms with Crippen molar-refractivity contribution in [3.05, 3.63) is 34.3 Å². The first-order valence-corrected chi connectivity index (χ1v) is 10.6. The molecule has 0 unspecified atom stereocenters. The lowest BCUT2D eigenvalue weighted by Gasteiger charge is -2.21. The molecule has 0 amide bonds. The molecule has 0 aliphatic rings. The van der Waals surface area contributed by atoms with E-state index >= 15 is 0 Å². The summed E-state index contributed by atoms with van der Waals surface area (Å²) >= 11 is 38.8. The molecule has 2 aromatic rings. The zero-order chi connectivity index (χ0) is 21.1. The van der Waals surface area contributed by atoms with Crippen LogP contribution in [0.3, 0.4) is 0 Å². The molecule has 6 nitrogen and oxygen atoms in total. The van der Waals surface area contributed by atoms with E-state index < -0.39 is 7.59 Å². The van der Waals surface area contributed by atoms with Crippen molar-refractivity contribution in [2.75, 3.05) is 18.2 Å². The molecular weight excluding hydrogens is 561 g/mol. The SMILES string of the molecule is CCON(CC=O)c1ccc(-c2nc(C(Cl)(Cl)Cl)nc(C(Cl)(Cl)Cl)n2)c(Br)c1. The van der Waals surface area contributed by atoms with Crippen molar-refractivity contribution in [1.29, 1.82) is 0 Å². The molecule has 0 saturated carbocycles. The van der Waals surface area contributed by atoms with Crippen molar-refractivity contribution in [2.24, 2.45) is 0 Å². The quantitative estimate of drug-likeness (QED) is 0.244. The molecule has 0 fully saturated rings. The summed E-state index contributed by atoms with van der Waals surface area (Å²) in [5.74, 6) is -0.275. The molecule has 0 spiro atoms. The number of rotatable bonds is 6. The van der Waals surface area contributed by atoms with Crippen molar-refractivity contribution in [2.45, 2.75) is 14.5 Å². The lowest BCUT2D eigenvalue weighted by Crippen LogP contribution is -2.25. The summed E-state index contributed by atoms with van der Waals surface area (Å²) in [5.41, 5.74) is 1.14. The second kappa shape index (κ2) is 9.79. The van der Waals surface area contributed by atoms with Crippen molar-refractivity contribution in [3.8, 4) is 11.4 Å². The standard InChI is InChI=1S/C15H11BrCl6N4O2/c1-2-28-26(5-6-27)8-3-4-9(10(16)7-8)11-23-12(14(17,18)19)25-13(24-11)15(20,21)22/h3-4,6-7H,2,5H2,1H3. The number of aromatic nitrogens is 3. The average molecular weight is 572 g/mol. The number of aldehydes is 1. The van der Waals surface area contributed by atoms with Gasteiger partial charge in [0, 0.05) is 10.0 Å². The first kappa shape index (κ1) is 24.2. The van der Waals surface area contributed by atoms with E-state index in [0.29, 0.717) is 22.3 Å². The summed E-state index contributed by atoms with van der Waals surface area (Å²) in [6.07, 6.45) is 0.726. The van der Waals surface area contributed by atoms with E-state index in [4.69, 9.17) is 74.4 Å². The minimum absolute atomic E-state index is 0.0558. The van der Waals surface area contributed by atoms with Crippen LogP contribution in [0.25, 0.3) is 11.4 Å². The smallest absolute Gasteiger partial charge is 0.250 e. The molecule has 0 bridgehead atoms. The molecule has 28 heavy (non-hydrogen) atoms. The molecule has 1 heterocycles. The van der Waals surface area contributed by atoms with E-state index in [0.717, 1.165) is 6.29 Å². The number of alkyl halides is 6. The number of carbonyl (C=O) groups excluding carboxylic acids is 1. The van der Waals surface area contributed by atoms with Gasteiger partial charge in [-0.05, 0) is 41.1 Å².